The number of rotatable bonds is 4. The van der Waals surface area contributed by atoms with Gasteiger partial charge in [0.15, 0.2) is 0 Å². The highest BCUT2D eigenvalue weighted by Crippen LogP contribution is 2.27. The molecule has 148 valence electrons. The van der Waals surface area contributed by atoms with Crippen LogP contribution in [0.3, 0.4) is 0 Å². The fraction of sp³-hybridized carbons (Fsp3) is 0.250. The zero-order chi connectivity index (χ0) is 20.5. The minimum absolute atomic E-state index is 0.0769. The van der Waals surface area contributed by atoms with Crippen LogP contribution in [0.15, 0.2) is 54.6 Å². The molecule has 0 saturated carbocycles. The molecule has 2 amide bonds. The highest BCUT2D eigenvalue weighted by atomic mass is 16.2. The topological polar surface area (TPSA) is 63.1 Å². The third-order valence-electron chi connectivity index (χ3n) is 5.63. The zero-order valence-corrected chi connectivity index (χ0v) is 17.0. The maximum atomic E-state index is 13.0. The first-order valence-electron chi connectivity index (χ1n) is 9.87. The van der Waals surface area contributed by atoms with Crippen molar-refractivity contribution >= 4 is 17.5 Å². The molecule has 5 nitrogen and oxygen atoms in total. The molecule has 4 rings (SSSR count). The Morgan fingerprint density at radius 3 is 2.59 bits per heavy atom. The summed E-state index contributed by atoms with van der Waals surface area (Å²) in [6.07, 6.45) is 0.495. The standard InChI is InChI=1S/C24H25N3O2/c1-15-7-4-5-10-22(15)27-16(2)11-21(17(27)3)24(29)26-20-9-6-8-18(12-20)19-13-23(28)25-14-19/h4-12,19H,13-14H2,1-3H3,(H,25,28)(H,26,29). The summed E-state index contributed by atoms with van der Waals surface area (Å²) in [5.41, 5.74) is 6.64. The van der Waals surface area contributed by atoms with Gasteiger partial charge in [0.1, 0.15) is 0 Å². The lowest BCUT2D eigenvalue weighted by Gasteiger charge is -2.13. The van der Waals surface area contributed by atoms with Crippen LogP contribution in [0.25, 0.3) is 5.69 Å². The number of nitrogens with one attached hydrogen (secondary N) is 2. The maximum Gasteiger partial charge on any atom is 0.257 e. The van der Waals surface area contributed by atoms with Crippen molar-refractivity contribution in [2.75, 3.05) is 11.9 Å². The van der Waals surface area contributed by atoms with Gasteiger partial charge in [0.05, 0.1) is 5.56 Å². The van der Waals surface area contributed by atoms with Crippen molar-refractivity contribution in [2.24, 2.45) is 0 Å². The molecule has 2 heterocycles. The molecule has 1 fully saturated rings. The maximum absolute atomic E-state index is 13.0. The van der Waals surface area contributed by atoms with Crippen molar-refractivity contribution < 1.29 is 9.59 Å². The van der Waals surface area contributed by atoms with Gasteiger partial charge in [-0.1, -0.05) is 30.3 Å². The first-order valence-corrected chi connectivity index (χ1v) is 9.87. The molecule has 1 aromatic heterocycles. The molecule has 0 spiro atoms. The zero-order valence-electron chi connectivity index (χ0n) is 17.0. The molecule has 3 aromatic rings. The molecule has 0 bridgehead atoms. The minimum Gasteiger partial charge on any atom is -0.355 e. The number of carbonyl (C=O) groups is 2. The van der Waals surface area contributed by atoms with Gasteiger partial charge >= 0.3 is 0 Å². The Morgan fingerprint density at radius 2 is 1.86 bits per heavy atom. The van der Waals surface area contributed by atoms with Gasteiger partial charge < -0.3 is 15.2 Å². The van der Waals surface area contributed by atoms with E-state index in [-0.39, 0.29) is 17.7 Å². The van der Waals surface area contributed by atoms with E-state index in [1.54, 1.807) is 0 Å². The van der Waals surface area contributed by atoms with Gasteiger partial charge in [0.25, 0.3) is 5.91 Å². The average Bonchev–Trinajstić information content (AvgIpc) is 3.26. The molecule has 2 N–H and O–H groups in total. The lowest BCUT2D eigenvalue weighted by atomic mass is 9.98. The summed E-state index contributed by atoms with van der Waals surface area (Å²) in [6, 6.07) is 17.9. The van der Waals surface area contributed by atoms with Crippen LogP contribution in [0.5, 0.6) is 0 Å². The molecule has 2 aromatic carbocycles. The monoisotopic (exact) mass is 387 g/mol. The van der Waals surface area contributed by atoms with Crippen molar-refractivity contribution in [3.63, 3.8) is 0 Å². The van der Waals surface area contributed by atoms with E-state index in [0.717, 1.165) is 33.9 Å². The largest absolute Gasteiger partial charge is 0.355 e. The van der Waals surface area contributed by atoms with Crippen LogP contribution in [0, 0.1) is 20.8 Å². The lowest BCUT2D eigenvalue weighted by molar-refractivity contribution is -0.119. The van der Waals surface area contributed by atoms with Crippen molar-refractivity contribution in [2.45, 2.75) is 33.1 Å². The summed E-state index contributed by atoms with van der Waals surface area (Å²) in [4.78, 5) is 24.5. The van der Waals surface area contributed by atoms with Gasteiger partial charge in [-0.2, -0.15) is 0 Å². The van der Waals surface area contributed by atoms with Crippen molar-refractivity contribution in [1.82, 2.24) is 9.88 Å². The first kappa shape index (κ1) is 19.0. The van der Waals surface area contributed by atoms with E-state index in [2.05, 4.69) is 34.3 Å². The number of aryl methyl sites for hydroxylation is 2. The Hall–Kier alpha value is -3.34. The smallest absolute Gasteiger partial charge is 0.257 e. The molecule has 0 aliphatic carbocycles. The number of para-hydroxylation sites is 1. The molecule has 1 saturated heterocycles. The second kappa shape index (κ2) is 7.59. The van der Waals surface area contributed by atoms with E-state index in [1.165, 1.54) is 0 Å². The molecule has 1 atom stereocenters. The average molecular weight is 387 g/mol. The molecular weight excluding hydrogens is 362 g/mol. The van der Waals surface area contributed by atoms with Crippen molar-refractivity contribution in [3.8, 4) is 5.69 Å². The third-order valence-corrected chi connectivity index (χ3v) is 5.63. The van der Waals surface area contributed by atoms with Gasteiger partial charge in [-0.15, -0.1) is 0 Å². The van der Waals surface area contributed by atoms with E-state index in [1.807, 2.05) is 56.3 Å². The van der Waals surface area contributed by atoms with Crippen LogP contribution in [-0.4, -0.2) is 22.9 Å². The van der Waals surface area contributed by atoms with Crippen molar-refractivity contribution in [3.05, 3.63) is 82.7 Å². The number of anilines is 1. The van der Waals surface area contributed by atoms with E-state index in [9.17, 15) is 9.59 Å². The second-order valence-electron chi connectivity index (χ2n) is 7.69. The highest BCUT2D eigenvalue weighted by Gasteiger charge is 2.23. The fourth-order valence-electron chi connectivity index (χ4n) is 4.09. The molecule has 1 unspecified atom stereocenters. The summed E-state index contributed by atoms with van der Waals surface area (Å²) in [5.74, 6) is 0.106. The van der Waals surface area contributed by atoms with E-state index >= 15 is 0 Å². The number of hydrogen-bond donors (Lipinski definition) is 2. The number of aromatic nitrogens is 1. The summed E-state index contributed by atoms with van der Waals surface area (Å²) >= 11 is 0. The first-order chi connectivity index (χ1) is 13.9. The van der Waals surface area contributed by atoms with Gasteiger partial charge in [-0.3, -0.25) is 9.59 Å². The lowest BCUT2D eigenvalue weighted by Crippen LogP contribution is -2.14. The van der Waals surface area contributed by atoms with Gasteiger partial charge in [-0.25, -0.2) is 0 Å². The Bertz CT molecular complexity index is 1100. The predicted molar refractivity (Wildman–Crippen MR) is 115 cm³/mol. The predicted octanol–water partition coefficient (Wildman–Crippen LogP) is 4.26. The Morgan fingerprint density at radius 1 is 1.07 bits per heavy atom. The normalized spacial score (nSPS) is 16.0. The molecule has 1 aliphatic rings. The van der Waals surface area contributed by atoms with E-state index in [0.29, 0.717) is 18.5 Å². The number of amides is 2. The third kappa shape index (κ3) is 3.68. The van der Waals surface area contributed by atoms with Gasteiger partial charge in [-0.05, 0) is 56.2 Å². The quantitative estimate of drug-likeness (QED) is 0.703. The molecule has 5 heteroatoms. The Balaban J connectivity index is 1.59. The molecular formula is C24H25N3O2. The molecule has 0 radical (unpaired) electrons. The van der Waals surface area contributed by atoms with E-state index < -0.39 is 0 Å². The summed E-state index contributed by atoms with van der Waals surface area (Å²) in [5, 5.41) is 5.88. The van der Waals surface area contributed by atoms with Crippen LogP contribution in [0.4, 0.5) is 5.69 Å². The van der Waals surface area contributed by atoms with Gasteiger partial charge in [0.2, 0.25) is 5.91 Å². The SMILES string of the molecule is Cc1ccccc1-n1c(C)cc(C(=O)Nc2cccc(C3CNC(=O)C3)c2)c1C. The van der Waals surface area contributed by atoms with Crippen LogP contribution < -0.4 is 10.6 Å². The van der Waals surface area contributed by atoms with Crippen LogP contribution in [-0.2, 0) is 4.79 Å². The summed E-state index contributed by atoms with van der Waals surface area (Å²) < 4.78 is 2.12. The second-order valence-corrected chi connectivity index (χ2v) is 7.69. The number of carbonyl (C=O) groups excluding carboxylic acids is 2. The van der Waals surface area contributed by atoms with E-state index in [4.69, 9.17) is 0 Å². The Kier molecular flexibility index (Phi) is 4.97. The van der Waals surface area contributed by atoms with Gasteiger partial charge in [0, 0.05) is 41.6 Å². The molecule has 1 aliphatic heterocycles. The Labute approximate surface area is 170 Å². The number of hydrogen-bond acceptors (Lipinski definition) is 2. The number of nitrogens with zero attached hydrogens (tertiary/aromatic N) is 1. The van der Waals surface area contributed by atoms with Crippen LogP contribution in [0.2, 0.25) is 0 Å². The minimum atomic E-state index is -0.129. The highest BCUT2D eigenvalue weighted by molar-refractivity contribution is 6.05. The van der Waals surface area contributed by atoms with Crippen LogP contribution >= 0.6 is 0 Å². The summed E-state index contributed by atoms with van der Waals surface area (Å²) in [6.45, 7) is 6.71. The van der Waals surface area contributed by atoms with Crippen molar-refractivity contribution in [1.29, 1.82) is 0 Å². The summed E-state index contributed by atoms with van der Waals surface area (Å²) in [7, 11) is 0. The number of benzene rings is 2. The molecule has 29 heavy (non-hydrogen) atoms. The van der Waals surface area contributed by atoms with Crippen LogP contribution in [0.1, 0.15) is 45.2 Å². The fourth-order valence-corrected chi connectivity index (χ4v) is 4.09.